The van der Waals surface area contributed by atoms with Crippen molar-refractivity contribution in [2.45, 2.75) is 50.6 Å². The minimum Gasteiger partial charge on any atom is -0.497 e. The van der Waals surface area contributed by atoms with Crippen LogP contribution in [-0.4, -0.2) is 35.2 Å². The van der Waals surface area contributed by atoms with Crippen molar-refractivity contribution in [2.24, 2.45) is 0 Å². The Morgan fingerprint density at radius 3 is 2.73 bits per heavy atom. The number of nitrogens with zero attached hydrogens (tertiary/aromatic N) is 1. The van der Waals surface area contributed by atoms with E-state index in [0.717, 1.165) is 30.7 Å². The normalized spacial score (nSPS) is 23.5. The number of nitrogens with one attached hydrogen (secondary N) is 3. The van der Waals surface area contributed by atoms with Gasteiger partial charge in [-0.25, -0.2) is 4.79 Å². The van der Waals surface area contributed by atoms with Crippen LogP contribution in [0.2, 0.25) is 0 Å². The van der Waals surface area contributed by atoms with Gasteiger partial charge in [0.05, 0.1) is 7.11 Å². The molecule has 8 heteroatoms. The molecule has 2 fully saturated rings. The van der Waals surface area contributed by atoms with Crippen molar-refractivity contribution >= 4 is 29.3 Å². The first-order chi connectivity index (χ1) is 12.4. The van der Waals surface area contributed by atoms with E-state index in [1.54, 1.807) is 38.3 Å². The quantitative estimate of drug-likeness (QED) is 0.552. The van der Waals surface area contributed by atoms with Gasteiger partial charge in [-0.3, -0.25) is 10.2 Å². The number of amides is 3. The highest BCUT2D eigenvalue weighted by atomic mass is 32.1. The molecule has 1 atom stereocenters. The number of ether oxygens (including phenoxy) is 1. The molecular weight excluding hydrogens is 352 g/mol. The second-order valence-corrected chi connectivity index (χ2v) is 7.26. The largest absolute Gasteiger partial charge is 0.497 e. The average Bonchev–Trinajstić information content (AvgIpc) is 2.87. The molecule has 0 bridgehead atoms. The van der Waals surface area contributed by atoms with Crippen molar-refractivity contribution in [3.8, 4) is 5.75 Å². The van der Waals surface area contributed by atoms with E-state index in [0.29, 0.717) is 11.3 Å². The average molecular weight is 376 g/mol. The van der Waals surface area contributed by atoms with Crippen LogP contribution >= 0.6 is 12.2 Å². The Labute approximate surface area is 158 Å². The van der Waals surface area contributed by atoms with E-state index in [9.17, 15) is 9.59 Å². The molecule has 1 aliphatic carbocycles. The monoisotopic (exact) mass is 376 g/mol. The van der Waals surface area contributed by atoms with Gasteiger partial charge < -0.3 is 15.4 Å². The van der Waals surface area contributed by atoms with Gasteiger partial charge in [-0.2, -0.15) is 5.01 Å². The summed E-state index contributed by atoms with van der Waals surface area (Å²) in [6.07, 6.45) is 5.66. The van der Waals surface area contributed by atoms with Crippen LogP contribution in [0, 0.1) is 0 Å². The molecule has 1 aromatic carbocycles. The minimum atomic E-state index is -1.18. The zero-order valence-electron chi connectivity index (χ0n) is 15.0. The van der Waals surface area contributed by atoms with E-state index < -0.39 is 17.5 Å². The number of hydrogen-bond donors (Lipinski definition) is 3. The Hall–Kier alpha value is -2.35. The molecule has 0 unspecified atom stereocenters. The van der Waals surface area contributed by atoms with Crippen molar-refractivity contribution in [3.63, 3.8) is 0 Å². The third kappa shape index (κ3) is 3.60. The number of benzene rings is 1. The van der Waals surface area contributed by atoms with Gasteiger partial charge in [0.2, 0.25) is 0 Å². The predicted molar refractivity (Wildman–Crippen MR) is 101 cm³/mol. The highest BCUT2D eigenvalue weighted by Gasteiger charge is 2.50. The first-order valence-electron chi connectivity index (χ1n) is 8.82. The molecular formula is C18H24N4O3S. The summed E-state index contributed by atoms with van der Waals surface area (Å²) in [5, 5.41) is 7.17. The SMILES string of the molecule is COc1cccc([C@]2(C)NC(=O)N(NC(=S)NC3CCCCC3)C2=O)c1. The van der Waals surface area contributed by atoms with Crippen LogP contribution < -0.4 is 20.8 Å². The number of hydrazine groups is 1. The fourth-order valence-corrected chi connectivity index (χ4v) is 3.69. The number of carbonyl (C=O) groups is 2. The first kappa shape index (κ1) is 18.4. The maximum Gasteiger partial charge on any atom is 0.344 e. The molecule has 3 N–H and O–H groups in total. The van der Waals surface area contributed by atoms with Crippen molar-refractivity contribution < 1.29 is 14.3 Å². The maximum atomic E-state index is 12.9. The third-order valence-electron chi connectivity index (χ3n) is 4.99. The standard InChI is InChI=1S/C18H24N4O3S/c1-18(12-7-6-10-14(11-12)25-2)15(23)22(17(24)20-18)21-16(26)19-13-8-4-3-5-9-13/h6-7,10-11,13H,3-5,8-9H2,1-2H3,(H,20,24)(H2,19,21,26)/t18-/m0/s1. The van der Waals surface area contributed by atoms with E-state index in [2.05, 4.69) is 16.1 Å². The van der Waals surface area contributed by atoms with Gasteiger partial charge in [-0.05, 0) is 49.7 Å². The van der Waals surface area contributed by atoms with Crippen LogP contribution in [0.5, 0.6) is 5.75 Å². The Morgan fingerprint density at radius 2 is 2.04 bits per heavy atom. The van der Waals surface area contributed by atoms with E-state index in [1.807, 2.05) is 0 Å². The molecule has 140 valence electrons. The summed E-state index contributed by atoms with van der Waals surface area (Å²) in [5.74, 6) is 0.204. The lowest BCUT2D eigenvalue weighted by Gasteiger charge is -2.26. The fourth-order valence-electron chi connectivity index (χ4n) is 3.44. The summed E-state index contributed by atoms with van der Waals surface area (Å²) in [5.41, 5.74) is 2.20. The highest BCUT2D eigenvalue weighted by Crippen LogP contribution is 2.30. The Kier molecular flexibility index (Phi) is 5.31. The molecule has 3 rings (SSSR count). The highest BCUT2D eigenvalue weighted by molar-refractivity contribution is 7.80. The van der Waals surface area contributed by atoms with Gasteiger partial charge in [0.25, 0.3) is 5.91 Å². The fraction of sp³-hybridized carbons (Fsp3) is 0.500. The van der Waals surface area contributed by atoms with Crippen molar-refractivity contribution in [1.29, 1.82) is 0 Å². The van der Waals surface area contributed by atoms with Crippen LogP contribution in [0.15, 0.2) is 24.3 Å². The van der Waals surface area contributed by atoms with E-state index in [4.69, 9.17) is 17.0 Å². The second-order valence-electron chi connectivity index (χ2n) is 6.85. The molecule has 1 aromatic rings. The number of hydrogen-bond acceptors (Lipinski definition) is 4. The summed E-state index contributed by atoms with van der Waals surface area (Å²) in [6, 6.07) is 6.84. The van der Waals surface area contributed by atoms with Crippen LogP contribution in [0.25, 0.3) is 0 Å². The number of urea groups is 1. The molecule has 7 nitrogen and oxygen atoms in total. The second kappa shape index (κ2) is 7.49. The van der Waals surface area contributed by atoms with Gasteiger partial charge in [0.1, 0.15) is 11.3 Å². The predicted octanol–water partition coefficient (Wildman–Crippen LogP) is 2.17. The minimum absolute atomic E-state index is 0.286. The Balaban J connectivity index is 1.70. The maximum absolute atomic E-state index is 12.9. The van der Waals surface area contributed by atoms with Gasteiger partial charge in [-0.1, -0.05) is 31.4 Å². The molecule has 1 saturated carbocycles. The number of carbonyl (C=O) groups excluding carboxylic acids is 2. The summed E-state index contributed by atoms with van der Waals surface area (Å²) in [6.45, 7) is 1.67. The van der Waals surface area contributed by atoms with E-state index in [-0.39, 0.29) is 11.2 Å². The van der Waals surface area contributed by atoms with Crippen molar-refractivity contribution in [3.05, 3.63) is 29.8 Å². The van der Waals surface area contributed by atoms with Crippen LogP contribution in [0.1, 0.15) is 44.6 Å². The molecule has 1 saturated heterocycles. The summed E-state index contributed by atoms with van der Waals surface area (Å²) in [4.78, 5) is 25.3. The van der Waals surface area contributed by atoms with Crippen LogP contribution in [0.4, 0.5) is 4.79 Å². The van der Waals surface area contributed by atoms with E-state index >= 15 is 0 Å². The van der Waals surface area contributed by atoms with E-state index in [1.165, 1.54) is 6.42 Å². The summed E-state index contributed by atoms with van der Waals surface area (Å²) < 4.78 is 5.21. The Morgan fingerprint density at radius 1 is 1.31 bits per heavy atom. The third-order valence-corrected chi connectivity index (χ3v) is 5.20. The number of methoxy groups -OCH3 is 1. The molecule has 26 heavy (non-hydrogen) atoms. The number of imide groups is 1. The topological polar surface area (TPSA) is 82.7 Å². The number of thiocarbonyl (C=S) groups is 1. The molecule has 0 radical (unpaired) electrons. The zero-order valence-corrected chi connectivity index (χ0v) is 15.8. The molecule has 2 aliphatic rings. The van der Waals surface area contributed by atoms with Gasteiger partial charge in [0.15, 0.2) is 5.11 Å². The van der Waals surface area contributed by atoms with Crippen LogP contribution in [0.3, 0.4) is 0 Å². The Bertz CT molecular complexity index is 720. The summed E-state index contributed by atoms with van der Waals surface area (Å²) in [7, 11) is 1.56. The van der Waals surface area contributed by atoms with Gasteiger partial charge in [-0.15, -0.1) is 0 Å². The lowest BCUT2D eigenvalue weighted by molar-refractivity contribution is -0.132. The smallest absolute Gasteiger partial charge is 0.344 e. The molecule has 0 aromatic heterocycles. The lowest BCUT2D eigenvalue weighted by atomic mass is 9.92. The molecule has 3 amide bonds. The van der Waals surface area contributed by atoms with Crippen LogP contribution in [-0.2, 0) is 10.3 Å². The number of rotatable bonds is 4. The van der Waals surface area contributed by atoms with Crippen molar-refractivity contribution in [2.75, 3.05) is 7.11 Å². The molecule has 0 spiro atoms. The molecule has 1 aliphatic heterocycles. The van der Waals surface area contributed by atoms with Gasteiger partial charge >= 0.3 is 6.03 Å². The van der Waals surface area contributed by atoms with Crippen molar-refractivity contribution in [1.82, 2.24) is 21.1 Å². The zero-order chi connectivity index (χ0) is 18.7. The first-order valence-corrected chi connectivity index (χ1v) is 9.23. The lowest BCUT2D eigenvalue weighted by Crippen LogP contribution is -2.53. The molecule has 1 heterocycles. The van der Waals surface area contributed by atoms with Gasteiger partial charge in [0, 0.05) is 6.04 Å². The summed E-state index contributed by atoms with van der Waals surface area (Å²) >= 11 is 5.29.